The van der Waals surface area contributed by atoms with E-state index in [2.05, 4.69) is 11.9 Å². The van der Waals surface area contributed by atoms with Gasteiger partial charge in [0.25, 0.3) is 0 Å². The molecular formula is C9H14N2O. The molecule has 0 fully saturated rings. The molecule has 1 aromatic rings. The summed E-state index contributed by atoms with van der Waals surface area (Å²) in [6.07, 6.45) is 1.03. The molecule has 1 heterocycles. The summed E-state index contributed by atoms with van der Waals surface area (Å²) in [5.74, 6) is 0.549. The number of ether oxygens (including phenoxy) is 1. The minimum absolute atomic E-state index is 0.549. The van der Waals surface area contributed by atoms with Gasteiger partial charge in [-0.1, -0.05) is 13.0 Å². The Morgan fingerprint density at radius 1 is 1.50 bits per heavy atom. The molecule has 0 aliphatic heterocycles. The molecule has 0 bridgehead atoms. The smallest absolute Gasteiger partial charge is 0.123 e. The highest BCUT2D eigenvalue weighted by atomic mass is 16.5. The van der Waals surface area contributed by atoms with Crippen molar-refractivity contribution >= 4 is 5.82 Å². The molecule has 0 atom stereocenters. The summed E-state index contributed by atoms with van der Waals surface area (Å²) in [5, 5.41) is 0. The minimum atomic E-state index is 0.549. The van der Waals surface area contributed by atoms with Crippen LogP contribution in [-0.4, -0.2) is 11.6 Å². The van der Waals surface area contributed by atoms with E-state index in [4.69, 9.17) is 10.5 Å². The lowest BCUT2D eigenvalue weighted by Gasteiger charge is -2.01. The van der Waals surface area contributed by atoms with Gasteiger partial charge in [0.2, 0.25) is 0 Å². The SMILES string of the molecule is CCCOCc1cccc(N)n1. The summed E-state index contributed by atoms with van der Waals surface area (Å²) in [6, 6.07) is 5.56. The predicted molar refractivity (Wildman–Crippen MR) is 48.6 cm³/mol. The van der Waals surface area contributed by atoms with E-state index in [-0.39, 0.29) is 0 Å². The fourth-order valence-electron chi connectivity index (χ4n) is 0.900. The van der Waals surface area contributed by atoms with E-state index in [9.17, 15) is 0 Å². The number of pyridine rings is 1. The van der Waals surface area contributed by atoms with Crippen molar-refractivity contribution in [2.75, 3.05) is 12.3 Å². The van der Waals surface area contributed by atoms with Crippen LogP contribution in [0.4, 0.5) is 5.82 Å². The van der Waals surface area contributed by atoms with Crippen molar-refractivity contribution in [3.05, 3.63) is 23.9 Å². The largest absolute Gasteiger partial charge is 0.384 e. The molecule has 0 amide bonds. The Labute approximate surface area is 72.6 Å². The minimum Gasteiger partial charge on any atom is -0.384 e. The lowest BCUT2D eigenvalue weighted by molar-refractivity contribution is 0.119. The number of rotatable bonds is 4. The number of nitrogens with zero attached hydrogens (tertiary/aromatic N) is 1. The molecular weight excluding hydrogens is 152 g/mol. The number of hydrogen-bond donors (Lipinski definition) is 1. The topological polar surface area (TPSA) is 48.1 Å². The van der Waals surface area contributed by atoms with Crippen molar-refractivity contribution in [1.82, 2.24) is 4.98 Å². The van der Waals surface area contributed by atoms with Gasteiger partial charge >= 0.3 is 0 Å². The van der Waals surface area contributed by atoms with Crippen molar-refractivity contribution in [3.63, 3.8) is 0 Å². The van der Waals surface area contributed by atoms with Crippen LogP contribution in [0.2, 0.25) is 0 Å². The average molecular weight is 166 g/mol. The maximum Gasteiger partial charge on any atom is 0.123 e. The monoisotopic (exact) mass is 166 g/mol. The summed E-state index contributed by atoms with van der Waals surface area (Å²) in [6.45, 7) is 3.40. The summed E-state index contributed by atoms with van der Waals surface area (Å²) in [5.41, 5.74) is 6.39. The van der Waals surface area contributed by atoms with E-state index in [1.165, 1.54) is 0 Å². The molecule has 66 valence electrons. The van der Waals surface area contributed by atoms with E-state index in [1.54, 1.807) is 6.07 Å². The Hall–Kier alpha value is -1.09. The standard InChI is InChI=1S/C9H14N2O/c1-2-6-12-7-8-4-3-5-9(10)11-8/h3-5H,2,6-7H2,1H3,(H2,10,11). The first-order chi connectivity index (χ1) is 5.83. The molecule has 0 radical (unpaired) electrons. The molecule has 1 aromatic heterocycles. The molecule has 0 saturated heterocycles. The zero-order valence-corrected chi connectivity index (χ0v) is 7.29. The summed E-state index contributed by atoms with van der Waals surface area (Å²) < 4.78 is 5.31. The normalized spacial score (nSPS) is 10.1. The van der Waals surface area contributed by atoms with Gasteiger partial charge in [0, 0.05) is 6.61 Å². The van der Waals surface area contributed by atoms with Crippen LogP contribution < -0.4 is 5.73 Å². The molecule has 12 heavy (non-hydrogen) atoms. The molecule has 0 aromatic carbocycles. The average Bonchev–Trinajstić information content (AvgIpc) is 2.05. The van der Waals surface area contributed by atoms with Gasteiger partial charge in [0.1, 0.15) is 5.82 Å². The van der Waals surface area contributed by atoms with E-state index < -0.39 is 0 Å². The van der Waals surface area contributed by atoms with E-state index >= 15 is 0 Å². The van der Waals surface area contributed by atoms with Gasteiger partial charge in [-0.2, -0.15) is 0 Å². The fraction of sp³-hybridized carbons (Fsp3) is 0.444. The van der Waals surface area contributed by atoms with Crippen molar-refractivity contribution in [2.45, 2.75) is 20.0 Å². The molecule has 0 aliphatic rings. The second-order valence-corrected chi connectivity index (χ2v) is 2.61. The number of hydrogen-bond acceptors (Lipinski definition) is 3. The molecule has 0 saturated carbocycles. The van der Waals surface area contributed by atoms with Gasteiger partial charge in [0.05, 0.1) is 12.3 Å². The molecule has 3 nitrogen and oxygen atoms in total. The highest BCUT2D eigenvalue weighted by molar-refractivity contribution is 5.28. The predicted octanol–water partition coefficient (Wildman–Crippen LogP) is 1.59. The molecule has 0 spiro atoms. The van der Waals surface area contributed by atoms with Crippen LogP contribution >= 0.6 is 0 Å². The van der Waals surface area contributed by atoms with Crippen molar-refractivity contribution < 1.29 is 4.74 Å². The van der Waals surface area contributed by atoms with Gasteiger partial charge in [-0.3, -0.25) is 0 Å². The lowest BCUT2D eigenvalue weighted by Crippen LogP contribution is -1.98. The first kappa shape index (κ1) is 9.00. The maximum atomic E-state index is 5.50. The molecule has 2 N–H and O–H groups in total. The highest BCUT2D eigenvalue weighted by Gasteiger charge is 1.93. The summed E-state index contributed by atoms with van der Waals surface area (Å²) in [7, 11) is 0. The zero-order chi connectivity index (χ0) is 8.81. The third-order valence-electron chi connectivity index (χ3n) is 1.43. The van der Waals surface area contributed by atoms with Crippen LogP contribution in [0.1, 0.15) is 19.0 Å². The van der Waals surface area contributed by atoms with E-state index in [1.807, 2.05) is 12.1 Å². The zero-order valence-electron chi connectivity index (χ0n) is 7.29. The third kappa shape index (κ3) is 2.88. The molecule has 1 rings (SSSR count). The van der Waals surface area contributed by atoms with Crippen molar-refractivity contribution in [2.24, 2.45) is 0 Å². The number of anilines is 1. The highest BCUT2D eigenvalue weighted by Crippen LogP contribution is 2.01. The van der Waals surface area contributed by atoms with E-state index in [0.717, 1.165) is 18.7 Å². The number of aromatic nitrogens is 1. The van der Waals surface area contributed by atoms with Gasteiger partial charge < -0.3 is 10.5 Å². The van der Waals surface area contributed by atoms with Gasteiger partial charge in [0.15, 0.2) is 0 Å². The van der Waals surface area contributed by atoms with E-state index in [0.29, 0.717) is 12.4 Å². The lowest BCUT2D eigenvalue weighted by atomic mass is 10.3. The van der Waals surface area contributed by atoms with Crippen LogP contribution in [0.5, 0.6) is 0 Å². The summed E-state index contributed by atoms with van der Waals surface area (Å²) in [4.78, 5) is 4.10. The Bertz CT molecular complexity index is 238. The van der Waals surface area contributed by atoms with Crippen LogP contribution in [0.25, 0.3) is 0 Å². The Kier molecular flexibility index (Phi) is 3.54. The third-order valence-corrected chi connectivity index (χ3v) is 1.43. The van der Waals surface area contributed by atoms with Crippen LogP contribution in [0, 0.1) is 0 Å². The van der Waals surface area contributed by atoms with Gasteiger partial charge in [-0.15, -0.1) is 0 Å². The number of nitrogens with two attached hydrogens (primary N) is 1. The van der Waals surface area contributed by atoms with Crippen LogP contribution in [0.3, 0.4) is 0 Å². The van der Waals surface area contributed by atoms with Crippen molar-refractivity contribution in [1.29, 1.82) is 0 Å². The maximum absolute atomic E-state index is 5.50. The Balaban J connectivity index is 2.41. The van der Waals surface area contributed by atoms with Crippen LogP contribution in [-0.2, 0) is 11.3 Å². The van der Waals surface area contributed by atoms with Crippen LogP contribution in [0.15, 0.2) is 18.2 Å². The Morgan fingerprint density at radius 3 is 3.00 bits per heavy atom. The Morgan fingerprint density at radius 2 is 2.33 bits per heavy atom. The number of nitrogen functional groups attached to an aromatic ring is 1. The fourth-order valence-corrected chi connectivity index (χ4v) is 0.900. The van der Waals surface area contributed by atoms with Gasteiger partial charge in [-0.05, 0) is 18.6 Å². The second kappa shape index (κ2) is 4.72. The van der Waals surface area contributed by atoms with Gasteiger partial charge in [-0.25, -0.2) is 4.98 Å². The molecule has 0 aliphatic carbocycles. The first-order valence-electron chi connectivity index (χ1n) is 4.12. The first-order valence-corrected chi connectivity index (χ1v) is 4.12. The second-order valence-electron chi connectivity index (χ2n) is 2.61. The van der Waals surface area contributed by atoms with Crippen molar-refractivity contribution in [3.8, 4) is 0 Å². The molecule has 3 heteroatoms. The molecule has 0 unspecified atom stereocenters. The quantitative estimate of drug-likeness (QED) is 0.691. The summed E-state index contributed by atoms with van der Waals surface area (Å²) >= 11 is 0.